The number of para-hydroxylation sites is 2. The lowest BCUT2D eigenvalue weighted by Crippen LogP contribution is -1.88. The van der Waals surface area contributed by atoms with Gasteiger partial charge in [-0.05, 0) is 59.7 Å². The van der Waals surface area contributed by atoms with Gasteiger partial charge in [-0.15, -0.1) is 0 Å². The van der Waals surface area contributed by atoms with Crippen LogP contribution in [0.15, 0.2) is 109 Å². The van der Waals surface area contributed by atoms with E-state index >= 15 is 0 Å². The van der Waals surface area contributed by atoms with Crippen LogP contribution >= 0.6 is 22.1 Å². The molecular formula is C26H22O4S2. The van der Waals surface area contributed by atoms with Crippen LogP contribution in [0.1, 0.15) is 11.1 Å². The number of hydrogen-bond acceptors (Lipinski definition) is 6. The van der Waals surface area contributed by atoms with E-state index in [2.05, 4.69) is 0 Å². The fraction of sp³-hybridized carbons (Fsp3) is 0.0769. The molecule has 0 aliphatic rings. The second-order valence-electron chi connectivity index (χ2n) is 6.78. The summed E-state index contributed by atoms with van der Waals surface area (Å²) < 4.78 is 22.8. The number of ether oxygens (including phenoxy) is 2. The van der Waals surface area contributed by atoms with Gasteiger partial charge in [-0.2, -0.15) is 0 Å². The Morgan fingerprint density at radius 3 is 1.12 bits per heavy atom. The van der Waals surface area contributed by atoms with Crippen molar-refractivity contribution < 1.29 is 17.8 Å². The van der Waals surface area contributed by atoms with Gasteiger partial charge < -0.3 is 9.47 Å². The van der Waals surface area contributed by atoms with E-state index in [0.29, 0.717) is 13.2 Å². The fourth-order valence-electron chi connectivity index (χ4n) is 2.78. The van der Waals surface area contributed by atoms with Crippen LogP contribution in [0.3, 0.4) is 0 Å². The average molecular weight is 463 g/mol. The van der Waals surface area contributed by atoms with Gasteiger partial charge in [-0.1, -0.05) is 60.7 Å². The molecule has 0 aliphatic carbocycles. The van der Waals surface area contributed by atoms with Crippen LogP contribution in [-0.4, -0.2) is 0 Å². The summed E-state index contributed by atoms with van der Waals surface area (Å²) >= 11 is 2.44. The number of rotatable bonds is 11. The lowest BCUT2D eigenvalue weighted by molar-refractivity contribution is 0.356. The summed E-state index contributed by atoms with van der Waals surface area (Å²) in [6, 6.07) is 35.1. The lowest BCUT2D eigenvalue weighted by Gasteiger charge is -2.07. The molecule has 0 atom stereocenters. The third-order valence-electron chi connectivity index (χ3n) is 4.38. The van der Waals surface area contributed by atoms with E-state index in [1.54, 1.807) is 0 Å². The first-order valence-corrected chi connectivity index (χ1v) is 12.1. The van der Waals surface area contributed by atoms with Crippen molar-refractivity contribution in [3.63, 3.8) is 0 Å². The smallest absolute Gasteiger partial charge is 0.127 e. The highest BCUT2D eigenvalue weighted by Crippen LogP contribution is 2.28. The van der Waals surface area contributed by atoms with Crippen molar-refractivity contribution in [3.05, 3.63) is 120 Å². The standard InChI is InChI=1S/C26H22O4S2/c1-3-7-23(8-4-1)29-25-15-11-21(12-16-25)19-27-31-32-28-20-22-13-17-26(18-14-22)30-24-9-5-2-6-10-24/h1-18H,19-20H2. The molecule has 0 amide bonds. The normalized spacial score (nSPS) is 10.6. The summed E-state index contributed by atoms with van der Waals surface area (Å²) in [6.45, 7) is 0.969. The van der Waals surface area contributed by atoms with Gasteiger partial charge in [0.15, 0.2) is 0 Å². The Kier molecular flexibility index (Phi) is 8.51. The first-order valence-electron chi connectivity index (χ1n) is 10.1. The van der Waals surface area contributed by atoms with Crippen molar-refractivity contribution in [2.45, 2.75) is 13.2 Å². The van der Waals surface area contributed by atoms with E-state index < -0.39 is 0 Å². The largest absolute Gasteiger partial charge is 0.457 e. The highest BCUT2D eigenvalue weighted by Gasteiger charge is 2.01. The Hall–Kier alpha value is -2.90. The molecule has 4 nitrogen and oxygen atoms in total. The zero-order valence-corrected chi connectivity index (χ0v) is 18.9. The van der Waals surface area contributed by atoms with E-state index in [0.717, 1.165) is 34.1 Å². The van der Waals surface area contributed by atoms with Gasteiger partial charge in [0.2, 0.25) is 0 Å². The second kappa shape index (κ2) is 12.2. The minimum atomic E-state index is 0.484. The van der Waals surface area contributed by atoms with Gasteiger partial charge in [0.05, 0.1) is 35.4 Å². The third kappa shape index (κ3) is 7.35. The van der Waals surface area contributed by atoms with Gasteiger partial charge in [0.1, 0.15) is 23.0 Å². The van der Waals surface area contributed by atoms with E-state index in [1.165, 1.54) is 22.1 Å². The molecule has 0 heterocycles. The van der Waals surface area contributed by atoms with E-state index in [-0.39, 0.29) is 0 Å². The minimum absolute atomic E-state index is 0.484. The van der Waals surface area contributed by atoms with Crippen LogP contribution < -0.4 is 9.47 Å². The molecule has 162 valence electrons. The average Bonchev–Trinajstić information content (AvgIpc) is 2.85. The monoisotopic (exact) mass is 462 g/mol. The van der Waals surface area contributed by atoms with Crippen LogP contribution in [-0.2, 0) is 21.6 Å². The van der Waals surface area contributed by atoms with E-state index in [4.69, 9.17) is 17.8 Å². The van der Waals surface area contributed by atoms with Gasteiger partial charge in [-0.25, -0.2) is 0 Å². The molecule has 0 N–H and O–H groups in total. The highest BCUT2D eigenvalue weighted by molar-refractivity contribution is 8.73. The zero-order valence-electron chi connectivity index (χ0n) is 17.3. The maximum Gasteiger partial charge on any atom is 0.127 e. The Bertz CT molecular complexity index is 967. The van der Waals surface area contributed by atoms with Gasteiger partial charge >= 0.3 is 0 Å². The summed E-state index contributed by atoms with van der Waals surface area (Å²) in [5.74, 6) is 3.23. The lowest BCUT2D eigenvalue weighted by atomic mass is 10.2. The molecule has 0 aromatic heterocycles. The Balaban J connectivity index is 1.11. The SMILES string of the molecule is c1ccc(Oc2ccc(COSSOCc3ccc(Oc4ccccc4)cc3)cc2)cc1. The minimum Gasteiger partial charge on any atom is -0.457 e. The van der Waals surface area contributed by atoms with Crippen molar-refractivity contribution in [2.24, 2.45) is 0 Å². The molecule has 0 unspecified atom stereocenters. The van der Waals surface area contributed by atoms with E-state index in [1.807, 2.05) is 109 Å². The molecule has 32 heavy (non-hydrogen) atoms. The van der Waals surface area contributed by atoms with E-state index in [9.17, 15) is 0 Å². The van der Waals surface area contributed by atoms with Crippen molar-refractivity contribution in [3.8, 4) is 23.0 Å². The molecule has 4 rings (SSSR count). The molecule has 0 saturated carbocycles. The zero-order chi connectivity index (χ0) is 21.8. The van der Waals surface area contributed by atoms with Crippen molar-refractivity contribution in [1.29, 1.82) is 0 Å². The van der Waals surface area contributed by atoms with Gasteiger partial charge in [0, 0.05) is 0 Å². The maximum atomic E-state index is 5.79. The second-order valence-corrected chi connectivity index (χ2v) is 8.34. The van der Waals surface area contributed by atoms with Crippen LogP contribution in [0.5, 0.6) is 23.0 Å². The van der Waals surface area contributed by atoms with Crippen molar-refractivity contribution in [1.82, 2.24) is 0 Å². The van der Waals surface area contributed by atoms with Crippen LogP contribution in [0.4, 0.5) is 0 Å². The fourth-order valence-corrected chi connectivity index (χ4v) is 3.75. The quantitative estimate of drug-likeness (QED) is 0.127. The summed E-state index contributed by atoms with van der Waals surface area (Å²) in [7, 11) is 0. The van der Waals surface area contributed by atoms with Crippen molar-refractivity contribution in [2.75, 3.05) is 0 Å². The molecule has 0 radical (unpaired) electrons. The molecule has 4 aromatic rings. The number of hydrogen-bond donors (Lipinski definition) is 0. The number of benzene rings is 4. The van der Waals surface area contributed by atoms with Crippen LogP contribution in [0.25, 0.3) is 0 Å². The Morgan fingerprint density at radius 1 is 0.406 bits per heavy atom. The predicted molar refractivity (Wildman–Crippen MR) is 131 cm³/mol. The first kappa shape index (κ1) is 22.3. The Morgan fingerprint density at radius 2 is 0.750 bits per heavy atom. The molecule has 0 spiro atoms. The Labute approximate surface area is 196 Å². The van der Waals surface area contributed by atoms with Gasteiger partial charge in [-0.3, -0.25) is 8.37 Å². The summed E-state index contributed by atoms with van der Waals surface area (Å²) in [6.07, 6.45) is 0. The third-order valence-corrected chi connectivity index (χ3v) is 5.61. The summed E-state index contributed by atoms with van der Waals surface area (Å²) in [5, 5.41) is 0. The maximum absolute atomic E-state index is 5.79. The molecule has 0 bridgehead atoms. The van der Waals surface area contributed by atoms with Crippen molar-refractivity contribution >= 4 is 22.1 Å². The summed E-state index contributed by atoms with van der Waals surface area (Å²) in [4.78, 5) is 0. The highest BCUT2D eigenvalue weighted by atomic mass is 33.1. The van der Waals surface area contributed by atoms with Crippen LogP contribution in [0, 0.1) is 0 Å². The molecular weight excluding hydrogens is 440 g/mol. The predicted octanol–water partition coefficient (Wildman–Crippen LogP) is 8.22. The van der Waals surface area contributed by atoms with Crippen LogP contribution in [0.2, 0.25) is 0 Å². The topological polar surface area (TPSA) is 36.9 Å². The molecule has 4 aromatic carbocycles. The summed E-state index contributed by atoms with van der Waals surface area (Å²) in [5.41, 5.74) is 2.13. The molecule has 0 fully saturated rings. The first-order chi connectivity index (χ1) is 15.8. The molecule has 6 heteroatoms. The molecule has 0 saturated heterocycles. The van der Waals surface area contributed by atoms with Gasteiger partial charge in [0.25, 0.3) is 0 Å². The molecule has 0 aliphatic heterocycles.